The summed E-state index contributed by atoms with van der Waals surface area (Å²) in [5.41, 5.74) is 6.96. The van der Waals surface area contributed by atoms with Crippen molar-refractivity contribution in [3.8, 4) is 28.1 Å². The third-order valence-corrected chi connectivity index (χ3v) is 3.46. The first kappa shape index (κ1) is 17.4. The van der Waals surface area contributed by atoms with Gasteiger partial charge in [0.25, 0.3) is 5.91 Å². The molecule has 0 bridgehead atoms. The number of amides is 1. The minimum absolute atomic E-state index is 0.145. The van der Waals surface area contributed by atoms with Crippen LogP contribution in [-0.2, 0) is 0 Å². The molecule has 1 heterocycles. The van der Waals surface area contributed by atoms with Crippen molar-refractivity contribution in [3.63, 3.8) is 0 Å². The number of primary amides is 1. The van der Waals surface area contributed by atoms with Gasteiger partial charge in [0.05, 0.1) is 5.69 Å². The van der Waals surface area contributed by atoms with Crippen LogP contribution in [0.2, 0.25) is 0 Å². The molecule has 0 aliphatic rings. The molecule has 3 aromatic rings. The third-order valence-electron chi connectivity index (χ3n) is 3.46. The Balaban J connectivity index is 2.04. The second kappa shape index (κ2) is 6.83. The van der Waals surface area contributed by atoms with E-state index in [0.29, 0.717) is 16.8 Å². The first-order valence-corrected chi connectivity index (χ1v) is 7.42. The van der Waals surface area contributed by atoms with Crippen molar-refractivity contribution in [2.45, 2.75) is 6.36 Å². The van der Waals surface area contributed by atoms with Crippen LogP contribution in [0.25, 0.3) is 22.4 Å². The van der Waals surface area contributed by atoms with Gasteiger partial charge in [-0.15, -0.1) is 13.2 Å². The maximum Gasteiger partial charge on any atom is 0.573 e. The number of nitrogens with two attached hydrogens (primary N) is 1. The van der Waals surface area contributed by atoms with Gasteiger partial charge in [0, 0.05) is 17.3 Å². The highest BCUT2D eigenvalue weighted by molar-refractivity contribution is 5.89. The number of carbonyl (C=O) groups excluding carboxylic acids is 1. The Morgan fingerprint density at radius 2 is 1.73 bits per heavy atom. The van der Waals surface area contributed by atoms with Crippen LogP contribution in [0.15, 0.2) is 60.8 Å². The van der Waals surface area contributed by atoms with Crippen molar-refractivity contribution in [3.05, 3.63) is 66.6 Å². The number of alkyl halides is 3. The molecular weight excluding hydrogens is 347 g/mol. The lowest BCUT2D eigenvalue weighted by atomic mass is 10.0. The second-order valence-electron chi connectivity index (χ2n) is 5.25. The van der Waals surface area contributed by atoms with Gasteiger partial charge < -0.3 is 10.5 Å². The fraction of sp³-hybridized carbons (Fsp3) is 0.0556. The lowest BCUT2D eigenvalue weighted by molar-refractivity contribution is -0.274. The summed E-state index contributed by atoms with van der Waals surface area (Å²) in [6, 6.07) is 14.1. The molecule has 1 amide bonds. The van der Waals surface area contributed by atoms with Crippen molar-refractivity contribution >= 4 is 5.91 Å². The molecule has 0 fully saturated rings. The molecule has 0 atom stereocenters. The van der Waals surface area contributed by atoms with Gasteiger partial charge in [-0.05, 0) is 23.8 Å². The molecule has 1 aromatic heterocycles. The summed E-state index contributed by atoms with van der Waals surface area (Å²) in [4.78, 5) is 19.1. The zero-order valence-electron chi connectivity index (χ0n) is 13.2. The summed E-state index contributed by atoms with van der Waals surface area (Å²) >= 11 is 0. The van der Waals surface area contributed by atoms with E-state index in [9.17, 15) is 18.0 Å². The normalized spacial score (nSPS) is 11.2. The van der Waals surface area contributed by atoms with E-state index in [1.165, 1.54) is 24.4 Å². The zero-order valence-corrected chi connectivity index (χ0v) is 13.2. The van der Waals surface area contributed by atoms with Crippen LogP contribution in [0.5, 0.6) is 5.75 Å². The molecule has 26 heavy (non-hydrogen) atoms. The fourth-order valence-electron chi connectivity index (χ4n) is 2.40. The van der Waals surface area contributed by atoms with E-state index in [2.05, 4.69) is 14.7 Å². The minimum Gasteiger partial charge on any atom is -0.405 e. The number of aromatic nitrogens is 2. The molecule has 3 rings (SSSR count). The predicted molar refractivity (Wildman–Crippen MR) is 88.1 cm³/mol. The number of nitrogens with zero attached hydrogens (tertiary/aromatic N) is 2. The highest BCUT2D eigenvalue weighted by atomic mass is 19.4. The van der Waals surface area contributed by atoms with Crippen molar-refractivity contribution in [1.29, 1.82) is 0 Å². The van der Waals surface area contributed by atoms with Crippen molar-refractivity contribution in [2.75, 3.05) is 0 Å². The van der Waals surface area contributed by atoms with Gasteiger partial charge >= 0.3 is 6.36 Å². The van der Waals surface area contributed by atoms with Gasteiger partial charge in [-0.3, -0.25) is 4.79 Å². The molecule has 2 N–H and O–H groups in total. The molecular formula is C18H12F3N3O2. The number of rotatable bonds is 4. The molecule has 0 unspecified atom stereocenters. The molecule has 0 saturated carbocycles. The number of para-hydroxylation sites is 1. The van der Waals surface area contributed by atoms with Crippen molar-refractivity contribution in [2.24, 2.45) is 5.73 Å². The maximum absolute atomic E-state index is 12.6. The molecule has 0 aliphatic heterocycles. The van der Waals surface area contributed by atoms with Crippen LogP contribution in [0.1, 0.15) is 10.6 Å². The molecule has 5 nitrogen and oxygen atoms in total. The summed E-state index contributed by atoms with van der Waals surface area (Å²) in [7, 11) is 0. The topological polar surface area (TPSA) is 78.1 Å². The summed E-state index contributed by atoms with van der Waals surface area (Å²) in [5.74, 6) is -1.22. The number of carbonyl (C=O) groups is 1. The fourth-order valence-corrected chi connectivity index (χ4v) is 2.40. The minimum atomic E-state index is -4.79. The summed E-state index contributed by atoms with van der Waals surface area (Å²) in [6.07, 6.45) is -3.41. The molecule has 8 heteroatoms. The second-order valence-corrected chi connectivity index (χ2v) is 5.25. The summed E-state index contributed by atoms with van der Waals surface area (Å²) in [5, 5.41) is 0. The molecule has 0 aliphatic carbocycles. The Morgan fingerprint density at radius 3 is 2.46 bits per heavy atom. The average molecular weight is 359 g/mol. The summed E-state index contributed by atoms with van der Waals surface area (Å²) < 4.78 is 42.0. The van der Waals surface area contributed by atoms with Gasteiger partial charge in [0.15, 0.2) is 0 Å². The number of ether oxygens (including phenoxy) is 1. The monoisotopic (exact) mass is 359 g/mol. The summed E-state index contributed by atoms with van der Waals surface area (Å²) in [6.45, 7) is 0. The van der Waals surface area contributed by atoms with Crippen LogP contribution in [0.3, 0.4) is 0 Å². The Kier molecular flexibility index (Phi) is 4.57. The van der Waals surface area contributed by atoms with Crippen LogP contribution in [-0.4, -0.2) is 22.2 Å². The van der Waals surface area contributed by atoms with E-state index in [1.54, 1.807) is 36.4 Å². The predicted octanol–water partition coefficient (Wildman–Crippen LogP) is 3.81. The molecule has 0 radical (unpaired) electrons. The standard InChI is InChI=1S/C18H12F3N3O2/c19-18(20,21)26-15-7-2-1-6-13(15)11-4-3-5-12(10-11)14-8-9-23-17(24-14)16(22)25/h1-10H,(H2,22,25). The van der Waals surface area contributed by atoms with Crippen LogP contribution >= 0.6 is 0 Å². The molecule has 2 aromatic carbocycles. The SMILES string of the molecule is NC(=O)c1nccc(-c2cccc(-c3ccccc3OC(F)(F)F)c2)n1. The first-order chi connectivity index (χ1) is 12.3. The van der Waals surface area contributed by atoms with Gasteiger partial charge in [0.2, 0.25) is 5.82 Å². The molecule has 132 valence electrons. The van der Waals surface area contributed by atoms with Crippen LogP contribution < -0.4 is 10.5 Å². The van der Waals surface area contributed by atoms with Gasteiger partial charge in [-0.1, -0.05) is 36.4 Å². The average Bonchev–Trinajstić information content (AvgIpc) is 2.61. The highest BCUT2D eigenvalue weighted by Gasteiger charge is 2.32. The smallest absolute Gasteiger partial charge is 0.405 e. The van der Waals surface area contributed by atoms with E-state index in [0.717, 1.165) is 0 Å². The van der Waals surface area contributed by atoms with Gasteiger partial charge in [-0.25, -0.2) is 9.97 Å². The Hall–Kier alpha value is -3.42. The molecule has 0 spiro atoms. The zero-order chi connectivity index (χ0) is 18.7. The van der Waals surface area contributed by atoms with E-state index in [1.807, 2.05) is 0 Å². The number of halogens is 3. The lowest BCUT2D eigenvalue weighted by Crippen LogP contribution is -2.17. The van der Waals surface area contributed by atoms with Crippen molar-refractivity contribution in [1.82, 2.24) is 9.97 Å². The number of hydrogen-bond donors (Lipinski definition) is 1. The van der Waals surface area contributed by atoms with E-state index in [-0.39, 0.29) is 17.1 Å². The Bertz CT molecular complexity index is 958. The van der Waals surface area contributed by atoms with E-state index < -0.39 is 12.3 Å². The van der Waals surface area contributed by atoms with Gasteiger partial charge in [0.1, 0.15) is 5.75 Å². The Morgan fingerprint density at radius 1 is 1.00 bits per heavy atom. The maximum atomic E-state index is 12.6. The number of benzene rings is 2. The third kappa shape index (κ3) is 3.97. The van der Waals surface area contributed by atoms with E-state index >= 15 is 0 Å². The quantitative estimate of drug-likeness (QED) is 0.768. The van der Waals surface area contributed by atoms with E-state index in [4.69, 9.17) is 5.73 Å². The first-order valence-electron chi connectivity index (χ1n) is 7.42. The highest BCUT2D eigenvalue weighted by Crippen LogP contribution is 2.35. The number of hydrogen-bond acceptors (Lipinski definition) is 4. The van der Waals surface area contributed by atoms with Gasteiger partial charge in [-0.2, -0.15) is 0 Å². The largest absolute Gasteiger partial charge is 0.573 e. The van der Waals surface area contributed by atoms with Crippen molar-refractivity contribution < 1.29 is 22.7 Å². The van der Waals surface area contributed by atoms with Crippen LogP contribution in [0.4, 0.5) is 13.2 Å². The molecule has 0 saturated heterocycles. The lowest BCUT2D eigenvalue weighted by Gasteiger charge is -2.14. The Labute approximate surface area is 146 Å². The van der Waals surface area contributed by atoms with Crippen LogP contribution in [0, 0.1) is 0 Å².